The minimum absolute atomic E-state index is 0.119. The zero-order valence-corrected chi connectivity index (χ0v) is 11.0. The van der Waals surface area contributed by atoms with Gasteiger partial charge in [-0.1, -0.05) is 41.9 Å². The summed E-state index contributed by atoms with van der Waals surface area (Å²) in [6.07, 6.45) is 0. The Kier molecular flexibility index (Phi) is 2.76. The summed E-state index contributed by atoms with van der Waals surface area (Å²) in [6.45, 7) is 1.75. The van der Waals surface area contributed by atoms with Crippen molar-refractivity contribution in [1.29, 1.82) is 0 Å². The molecule has 90 valence electrons. The average molecular weight is 279 g/mol. The summed E-state index contributed by atoms with van der Waals surface area (Å²) in [6, 6.07) is 9.27. The third-order valence-electron chi connectivity index (χ3n) is 2.88. The fourth-order valence-electron chi connectivity index (χ4n) is 1.95. The number of nitrogens with zero attached hydrogens (tertiary/aromatic N) is 2. The molecule has 0 amide bonds. The first kappa shape index (κ1) is 11.6. The highest BCUT2D eigenvalue weighted by Gasteiger charge is 2.20. The van der Waals surface area contributed by atoms with Crippen molar-refractivity contribution in [2.45, 2.75) is 6.92 Å². The van der Waals surface area contributed by atoms with E-state index in [4.69, 9.17) is 11.6 Å². The van der Waals surface area contributed by atoms with Gasteiger partial charge in [-0.15, -0.1) is 0 Å². The van der Waals surface area contributed by atoms with Crippen molar-refractivity contribution in [1.82, 2.24) is 8.75 Å². The van der Waals surface area contributed by atoms with E-state index in [0.29, 0.717) is 22.2 Å². The Bertz CT molecular complexity index is 725. The van der Waals surface area contributed by atoms with Gasteiger partial charge in [0.25, 0.3) is 0 Å². The lowest BCUT2D eigenvalue weighted by molar-refractivity contribution is 0.632. The first-order valence-corrected chi connectivity index (χ1v) is 6.46. The molecule has 0 bridgehead atoms. The molecular weight excluding hydrogens is 271 g/mol. The van der Waals surface area contributed by atoms with Crippen LogP contribution in [-0.4, -0.2) is 8.75 Å². The molecule has 2 aromatic carbocycles. The van der Waals surface area contributed by atoms with Crippen LogP contribution in [0.1, 0.15) is 5.56 Å². The zero-order chi connectivity index (χ0) is 12.7. The Hall–Kier alpha value is -1.52. The van der Waals surface area contributed by atoms with Crippen LogP contribution in [0.15, 0.2) is 30.3 Å². The second-order valence-electron chi connectivity index (χ2n) is 3.96. The Morgan fingerprint density at radius 2 is 1.78 bits per heavy atom. The van der Waals surface area contributed by atoms with Gasteiger partial charge in [0, 0.05) is 5.56 Å². The summed E-state index contributed by atoms with van der Waals surface area (Å²) in [5.74, 6) is -0.430. The second-order valence-corrected chi connectivity index (χ2v) is 4.86. The normalized spacial score (nSPS) is 11.1. The molecule has 0 aliphatic heterocycles. The molecule has 0 saturated heterocycles. The highest BCUT2D eigenvalue weighted by molar-refractivity contribution is 7.00. The first-order chi connectivity index (χ1) is 8.70. The number of fused-ring (bicyclic) bond motifs is 1. The fraction of sp³-hybridized carbons (Fsp3) is 0.0769. The molecule has 0 radical (unpaired) electrons. The van der Waals surface area contributed by atoms with Gasteiger partial charge in [-0.3, -0.25) is 0 Å². The van der Waals surface area contributed by atoms with Gasteiger partial charge in [-0.05, 0) is 18.1 Å². The fourth-order valence-corrected chi connectivity index (χ4v) is 2.74. The maximum atomic E-state index is 14.4. The van der Waals surface area contributed by atoms with Crippen molar-refractivity contribution in [3.8, 4) is 11.1 Å². The monoisotopic (exact) mass is 278 g/mol. The van der Waals surface area contributed by atoms with Gasteiger partial charge >= 0.3 is 0 Å². The smallest absolute Gasteiger partial charge is 0.152 e. The third-order valence-corrected chi connectivity index (χ3v) is 3.86. The van der Waals surface area contributed by atoms with Crippen LogP contribution in [0.3, 0.4) is 0 Å². The Morgan fingerprint density at radius 3 is 2.50 bits per heavy atom. The standard InChI is InChI=1S/C13H8ClFN2S/c1-7-10(14)11(15)9(8-5-3-2-4-6-8)13-12(7)16-18-17-13/h2-6H,1H3. The lowest BCUT2D eigenvalue weighted by atomic mass is 10.0. The summed E-state index contributed by atoms with van der Waals surface area (Å²) in [5.41, 5.74) is 3.07. The topological polar surface area (TPSA) is 25.8 Å². The molecule has 18 heavy (non-hydrogen) atoms. The van der Waals surface area contributed by atoms with E-state index in [1.807, 2.05) is 30.3 Å². The third kappa shape index (κ3) is 1.61. The van der Waals surface area contributed by atoms with Crippen LogP contribution in [0.2, 0.25) is 5.02 Å². The summed E-state index contributed by atoms with van der Waals surface area (Å²) >= 11 is 7.10. The summed E-state index contributed by atoms with van der Waals surface area (Å²) in [4.78, 5) is 0. The van der Waals surface area contributed by atoms with Gasteiger partial charge in [0.2, 0.25) is 0 Å². The maximum Gasteiger partial charge on any atom is 0.152 e. The number of aromatic nitrogens is 2. The Balaban J connectivity index is 2.46. The predicted octanol–water partition coefficient (Wildman–Crippen LogP) is 4.46. The SMILES string of the molecule is Cc1c(Cl)c(F)c(-c2ccccc2)c2nsnc12. The molecule has 0 atom stereocenters. The van der Waals surface area contributed by atoms with Crippen molar-refractivity contribution in [2.24, 2.45) is 0 Å². The lowest BCUT2D eigenvalue weighted by Crippen LogP contribution is -1.92. The van der Waals surface area contributed by atoms with E-state index in [9.17, 15) is 4.39 Å². The van der Waals surface area contributed by atoms with E-state index < -0.39 is 5.82 Å². The van der Waals surface area contributed by atoms with E-state index >= 15 is 0 Å². The molecule has 0 saturated carbocycles. The summed E-state index contributed by atoms with van der Waals surface area (Å²) in [7, 11) is 0. The van der Waals surface area contributed by atoms with Crippen molar-refractivity contribution in [2.75, 3.05) is 0 Å². The Labute approximate surface area is 112 Å². The van der Waals surface area contributed by atoms with Gasteiger partial charge in [0.15, 0.2) is 5.82 Å². The van der Waals surface area contributed by atoms with Crippen LogP contribution in [0, 0.1) is 12.7 Å². The maximum absolute atomic E-state index is 14.4. The Morgan fingerprint density at radius 1 is 1.11 bits per heavy atom. The molecule has 1 aromatic heterocycles. The largest absolute Gasteiger partial charge is 0.205 e. The number of rotatable bonds is 1. The average Bonchev–Trinajstić information content (AvgIpc) is 2.87. The van der Waals surface area contributed by atoms with Gasteiger partial charge in [-0.25, -0.2) is 4.39 Å². The van der Waals surface area contributed by atoms with Crippen molar-refractivity contribution in [3.05, 3.63) is 46.7 Å². The van der Waals surface area contributed by atoms with Gasteiger partial charge in [0.05, 0.1) is 16.8 Å². The van der Waals surface area contributed by atoms with E-state index in [-0.39, 0.29) is 5.02 Å². The summed E-state index contributed by atoms with van der Waals surface area (Å²) < 4.78 is 22.7. The number of aryl methyl sites for hydroxylation is 1. The molecule has 2 nitrogen and oxygen atoms in total. The number of benzene rings is 2. The predicted molar refractivity (Wildman–Crippen MR) is 72.6 cm³/mol. The number of hydrogen-bond donors (Lipinski definition) is 0. The van der Waals surface area contributed by atoms with E-state index in [1.165, 1.54) is 0 Å². The van der Waals surface area contributed by atoms with Crippen LogP contribution in [0.4, 0.5) is 4.39 Å². The number of halogens is 2. The molecule has 1 heterocycles. The quantitative estimate of drug-likeness (QED) is 0.657. The van der Waals surface area contributed by atoms with Crippen LogP contribution in [0.5, 0.6) is 0 Å². The molecule has 0 N–H and O–H groups in total. The van der Waals surface area contributed by atoms with Crippen molar-refractivity contribution in [3.63, 3.8) is 0 Å². The van der Waals surface area contributed by atoms with Crippen LogP contribution in [0.25, 0.3) is 22.2 Å². The van der Waals surface area contributed by atoms with Crippen LogP contribution >= 0.6 is 23.3 Å². The number of hydrogen-bond acceptors (Lipinski definition) is 3. The molecule has 5 heteroatoms. The molecule has 0 fully saturated rings. The second kappa shape index (κ2) is 4.30. The van der Waals surface area contributed by atoms with Crippen LogP contribution in [-0.2, 0) is 0 Å². The van der Waals surface area contributed by atoms with Gasteiger partial charge in [0.1, 0.15) is 11.0 Å². The highest BCUT2D eigenvalue weighted by Crippen LogP contribution is 2.37. The van der Waals surface area contributed by atoms with E-state index in [0.717, 1.165) is 17.3 Å². The molecule has 0 spiro atoms. The van der Waals surface area contributed by atoms with E-state index in [1.54, 1.807) is 6.92 Å². The molecule has 0 aliphatic carbocycles. The van der Waals surface area contributed by atoms with Gasteiger partial charge < -0.3 is 0 Å². The minimum atomic E-state index is -0.430. The molecule has 3 aromatic rings. The lowest BCUT2D eigenvalue weighted by Gasteiger charge is -2.08. The van der Waals surface area contributed by atoms with Gasteiger partial charge in [-0.2, -0.15) is 8.75 Å². The molecule has 0 unspecified atom stereocenters. The van der Waals surface area contributed by atoms with Crippen LogP contribution < -0.4 is 0 Å². The van der Waals surface area contributed by atoms with E-state index in [2.05, 4.69) is 8.75 Å². The minimum Gasteiger partial charge on any atom is -0.205 e. The molecule has 3 rings (SSSR count). The molecular formula is C13H8ClFN2S. The summed E-state index contributed by atoms with van der Waals surface area (Å²) in [5, 5.41) is 0.119. The highest BCUT2D eigenvalue weighted by atomic mass is 35.5. The molecule has 0 aliphatic rings. The zero-order valence-electron chi connectivity index (χ0n) is 9.45. The van der Waals surface area contributed by atoms with Crippen molar-refractivity contribution < 1.29 is 4.39 Å². The first-order valence-electron chi connectivity index (χ1n) is 5.35. The van der Waals surface area contributed by atoms with Crippen molar-refractivity contribution >= 4 is 34.4 Å².